The number of piperidine rings is 1. The van der Waals surface area contributed by atoms with E-state index in [4.69, 9.17) is 11.6 Å². The molecule has 4 rings (SSSR count). The second-order valence-electron chi connectivity index (χ2n) is 6.79. The lowest BCUT2D eigenvalue weighted by atomic mass is 9.99. The number of piperazine rings is 1. The van der Waals surface area contributed by atoms with Crippen molar-refractivity contribution in [2.24, 2.45) is 0 Å². The van der Waals surface area contributed by atoms with Gasteiger partial charge >= 0.3 is 0 Å². The van der Waals surface area contributed by atoms with Crippen LogP contribution in [0, 0.1) is 11.6 Å². The van der Waals surface area contributed by atoms with Gasteiger partial charge in [-0.25, -0.2) is 8.78 Å². The van der Waals surface area contributed by atoms with Crippen LogP contribution < -0.4 is 10.5 Å². The third kappa shape index (κ3) is 3.10. The molecule has 0 radical (unpaired) electrons. The molecule has 0 saturated carbocycles. The predicted octanol–water partition coefficient (Wildman–Crippen LogP) is 2.84. The minimum atomic E-state index is -0.862. The normalized spacial score (nSPS) is 20.9. The summed E-state index contributed by atoms with van der Waals surface area (Å²) in [6.45, 7) is 3.62. The summed E-state index contributed by atoms with van der Waals surface area (Å²) in [7, 11) is 0. The Labute approximate surface area is 154 Å². The van der Waals surface area contributed by atoms with E-state index < -0.39 is 17.2 Å². The number of hydrogen-bond donors (Lipinski definition) is 0. The van der Waals surface area contributed by atoms with Crippen LogP contribution in [0.2, 0.25) is 5.02 Å². The van der Waals surface area contributed by atoms with Crippen LogP contribution in [0.4, 0.5) is 14.5 Å². The van der Waals surface area contributed by atoms with E-state index in [0.29, 0.717) is 17.8 Å². The molecule has 1 atom stereocenters. The lowest BCUT2D eigenvalue weighted by Crippen LogP contribution is -2.55. The first kappa shape index (κ1) is 17.4. The first-order valence-corrected chi connectivity index (χ1v) is 9.14. The van der Waals surface area contributed by atoms with Gasteiger partial charge in [-0.3, -0.25) is 9.69 Å². The number of benzene rings is 1. The molecule has 5 nitrogen and oxygen atoms in total. The van der Waals surface area contributed by atoms with Crippen LogP contribution in [0.25, 0.3) is 5.69 Å². The summed E-state index contributed by atoms with van der Waals surface area (Å²) in [5.41, 5.74) is -0.164. The Morgan fingerprint density at radius 1 is 1.12 bits per heavy atom. The maximum atomic E-state index is 14.0. The van der Waals surface area contributed by atoms with Crippen LogP contribution in [0.1, 0.15) is 19.3 Å². The zero-order valence-electron chi connectivity index (χ0n) is 14.2. The van der Waals surface area contributed by atoms with Crippen molar-refractivity contribution in [3.8, 4) is 5.69 Å². The topological polar surface area (TPSA) is 41.4 Å². The molecule has 2 saturated heterocycles. The third-order valence-corrected chi connectivity index (χ3v) is 5.57. The monoisotopic (exact) mass is 380 g/mol. The number of hydrogen-bond acceptors (Lipinski definition) is 4. The molecule has 26 heavy (non-hydrogen) atoms. The van der Waals surface area contributed by atoms with Gasteiger partial charge in [0, 0.05) is 31.7 Å². The highest BCUT2D eigenvalue weighted by molar-refractivity contribution is 6.33. The Morgan fingerprint density at radius 3 is 2.77 bits per heavy atom. The van der Waals surface area contributed by atoms with Crippen LogP contribution in [0.5, 0.6) is 0 Å². The Kier molecular flexibility index (Phi) is 4.67. The summed E-state index contributed by atoms with van der Waals surface area (Å²) in [5.74, 6) is -1.58. The maximum absolute atomic E-state index is 14.0. The number of rotatable bonds is 2. The zero-order valence-corrected chi connectivity index (χ0v) is 14.9. The van der Waals surface area contributed by atoms with E-state index >= 15 is 0 Å². The van der Waals surface area contributed by atoms with Gasteiger partial charge in [0.05, 0.1) is 11.9 Å². The van der Waals surface area contributed by atoms with Crippen molar-refractivity contribution in [3.63, 3.8) is 0 Å². The molecule has 0 spiro atoms. The zero-order chi connectivity index (χ0) is 18.3. The van der Waals surface area contributed by atoms with E-state index in [9.17, 15) is 13.6 Å². The molecular weight excluding hydrogens is 362 g/mol. The van der Waals surface area contributed by atoms with Crippen LogP contribution in [-0.4, -0.2) is 46.9 Å². The van der Waals surface area contributed by atoms with Gasteiger partial charge in [0.2, 0.25) is 0 Å². The average Bonchev–Trinajstić information content (AvgIpc) is 2.64. The van der Waals surface area contributed by atoms with Crippen molar-refractivity contribution in [2.45, 2.75) is 25.3 Å². The Balaban J connectivity index is 1.65. The fourth-order valence-corrected chi connectivity index (χ4v) is 4.09. The minimum Gasteiger partial charge on any atom is -0.366 e. The van der Waals surface area contributed by atoms with E-state index in [1.54, 1.807) is 0 Å². The SMILES string of the molecule is O=c1c(Cl)c(N2CCN3CCCCC3C2)cnn1-c1ccc(F)cc1F. The van der Waals surface area contributed by atoms with E-state index in [-0.39, 0.29) is 10.7 Å². The van der Waals surface area contributed by atoms with Crippen LogP contribution in [0.3, 0.4) is 0 Å². The van der Waals surface area contributed by atoms with E-state index in [2.05, 4.69) is 14.9 Å². The first-order valence-electron chi connectivity index (χ1n) is 8.77. The minimum absolute atomic E-state index is 0.00739. The number of aromatic nitrogens is 2. The van der Waals surface area contributed by atoms with Crippen LogP contribution >= 0.6 is 11.6 Å². The second-order valence-corrected chi connectivity index (χ2v) is 7.17. The van der Waals surface area contributed by atoms with Gasteiger partial charge in [0.15, 0.2) is 5.82 Å². The number of anilines is 1. The van der Waals surface area contributed by atoms with Gasteiger partial charge in [-0.1, -0.05) is 18.0 Å². The molecule has 2 aromatic rings. The summed E-state index contributed by atoms with van der Waals surface area (Å²) >= 11 is 6.32. The fourth-order valence-electron chi connectivity index (χ4n) is 3.84. The highest BCUT2D eigenvalue weighted by Crippen LogP contribution is 2.28. The van der Waals surface area contributed by atoms with Gasteiger partial charge < -0.3 is 4.90 Å². The van der Waals surface area contributed by atoms with Crippen LogP contribution in [-0.2, 0) is 0 Å². The van der Waals surface area contributed by atoms with Gasteiger partial charge in [-0.2, -0.15) is 9.78 Å². The number of nitrogens with zero attached hydrogens (tertiary/aromatic N) is 4. The molecule has 1 aromatic heterocycles. The molecule has 1 unspecified atom stereocenters. The Hall–Kier alpha value is -1.99. The largest absolute Gasteiger partial charge is 0.366 e. The Morgan fingerprint density at radius 2 is 1.96 bits per heavy atom. The van der Waals surface area contributed by atoms with Crippen LogP contribution in [0.15, 0.2) is 29.2 Å². The van der Waals surface area contributed by atoms with Gasteiger partial charge in [-0.15, -0.1) is 0 Å². The molecule has 2 aliphatic rings. The summed E-state index contributed by atoms with van der Waals surface area (Å²) < 4.78 is 28.0. The van der Waals surface area contributed by atoms with Crippen molar-refractivity contribution in [1.82, 2.24) is 14.7 Å². The molecule has 0 N–H and O–H groups in total. The Bertz CT molecular complexity index is 888. The number of halogens is 3. The first-order chi connectivity index (χ1) is 12.5. The van der Waals surface area contributed by atoms with Crippen molar-refractivity contribution >= 4 is 17.3 Å². The van der Waals surface area contributed by atoms with Crippen molar-refractivity contribution in [3.05, 3.63) is 51.4 Å². The highest BCUT2D eigenvalue weighted by Gasteiger charge is 2.30. The van der Waals surface area contributed by atoms with Gasteiger partial charge in [0.1, 0.15) is 16.5 Å². The summed E-state index contributed by atoms with van der Waals surface area (Å²) in [4.78, 5) is 17.2. The molecule has 0 bridgehead atoms. The lowest BCUT2D eigenvalue weighted by molar-refractivity contribution is 0.133. The van der Waals surface area contributed by atoms with Crippen molar-refractivity contribution in [1.29, 1.82) is 0 Å². The second kappa shape index (κ2) is 6.96. The predicted molar refractivity (Wildman–Crippen MR) is 96.2 cm³/mol. The molecule has 2 aliphatic heterocycles. The van der Waals surface area contributed by atoms with Crippen molar-refractivity contribution < 1.29 is 8.78 Å². The molecule has 138 valence electrons. The average molecular weight is 381 g/mol. The van der Waals surface area contributed by atoms with Gasteiger partial charge in [-0.05, 0) is 31.5 Å². The van der Waals surface area contributed by atoms with E-state index in [0.717, 1.165) is 43.3 Å². The summed E-state index contributed by atoms with van der Waals surface area (Å²) in [5, 5.41) is 4.09. The molecule has 0 amide bonds. The molecular formula is C18H19ClF2N4O. The van der Waals surface area contributed by atoms with E-state index in [1.165, 1.54) is 25.1 Å². The summed E-state index contributed by atoms with van der Waals surface area (Å²) in [6, 6.07) is 3.44. The molecule has 0 aliphatic carbocycles. The standard InChI is InChI=1S/C18H19ClF2N4O/c19-17-16(24-8-7-23-6-2-1-3-13(23)11-24)10-22-25(18(17)26)15-5-4-12(20)9-14(15)21/h4-5,9-10,13H,1-3,6-8,11H2. The maximum Gasteiger partial charge on any atom is 0.292 e. The summed E-state index contributed by atoms with van der Waals surface area (Å²) in [6.07, 6.45) is 5.08. The highest BCUT2D eigenvalue weighted by atomic mass is 35.5. The number of fused-ring (bicyclic) bond motifs is 1. The molecule has 8 heteroatoms. The fraction of sp³-hybridized carbons (Fsp3) is 0.444. The lowest BCUT2D eigenvalue weighted by Gasteiger charge is -2.44. The molecule has 2 fully saturated rings. The van der Waals surface area contributed by atoms with E-state index in [1.807, 2.05) is 0 Å². The smallest absolute Gasteiger partial charge is 0.292 e. The quantitative estimate of drug-likeness (QED) is 0.803. The van der Waals surface area contributed by atoms with Gasteiger partial charge in [0.25, 0.3) is 5.56 Å². The molecule has 3 heterocycles. The van der Waals surface area contributed by atoms with Crippen molar-refractivity contribution in [2.75, 3.05) is 31.1 Å². The molecule has 1 aromatic carbocycles. The third-order valence-electron chi connectivity index (χ3n) is 5.22.